The molecule has 0 bridgehead atoms. The SMILES string of the molecule is CC1=C(C(=O)O)C(c2ccc(O)cc2)C(C#N)=C(S)N1. The number of dihydropyridines is 1. The zero-order valence-electron chi connectivity index (χ0n) is 10.6. The van der Waals surface area contributed by atoms with Crippen LogP contribution >= 0.6 is 12.6 Å². The number of hydrogen-bond acceptors (Lipinski definition) is 5. The maximum Gasteiger partial charge on any atom is 0.334 e. The van der Waals surface area contributed by atoms with Crippen LogP contribution in [0.15, 0.2) is 46.1 Å². The van der Waals surface area contributed by atoms with Crippen molar-refractivity contribution in [2.24, 2.45) is 0 Å². The van der Waals surface area contributed by atoms with Gasteiger partial charge >= 0.3 is 5.97 Å². The minimum Gasteiger partial charge on any atom is -0.508 e. The number of phenolic OH excluding ortho intramolecular Hbond substituents is 1. The number of aliphatic carboxylic acids is 1. The number of carboxylic acid groups (broad SMARTS) is 1. The number of nitrogens with one attached hydrogen (secondary N) is 1. The Morgan fingerprint density at radius 2 is 2.00 bits per heavy atom. The number of thiol groups is 1. The van der Waals surface area contributed by atoms with E-state index in [2.05, 4.69) is 17.9 Å². The van der Waals surface area contributed by atoms with Gasteiger partial charge in [0.25, 0.3) is 0 Å². The second-order valence-corrected chi connectivity index (χ2v) is 4.81. The van der Waals surface area contributed by atoms with Gasteiger partial charge in [0, 0.05) is 5.70 Å². The van der Waals surface area contributed by atoms with Crippen LogP contribution in [-0.2, 0) is 4.79 Å². The lowest BCUT2D eigenvalue weighted by Gasteiger charge is -2.26. The van der Waals surface area contributed by atoms with Crippen LogP contribution in [0.1, 0.15) is 18.4 Å². The van der Waals surface area contributed by atoms with Crippen LogP contribution in [0.3, 0.4) is 0 Å². The normalized spacial score (nSPS) is 18.6. The largest absolute Gasteiger partial charge is 0.508 e. The smallest absolute Gasteiger partial charge is 0.334 e. The quantitative estimate of drug-likeness (QED) is 0.625. The topological polar surface area (TPSA) is 93.3 Å². The van der Waals surface area contributed by atoms with Gasteiger partial charge in [0.15, 0.2) is 0 Å². The number of allylic oxidation sites excluding steroid dienone is 2. The molecule has 5 nitrogen and oxygen atoms in total. The van der Waals surface area contributed by atoms with Crippen molar-refractivity contribution in [3.05, 3.63) is 51.7 Å². The highest BCUT2D eigenvalue weighted by molar-refractivity contribution is 7.84. The van der Waals surface area contributed by atoms with E-state index in [1.807, 2.05) is 6.07 Å². The Bertz CT molecular complexity index is 669. The van der Waals surface area contributed by atoms with Gasteiger partial charge in [-0.15, -0.1) is 12.6 Å². The van der Waals surface area contributed by atoms with Crippen molar-refractivity contribution in [2.45, 2.75) is 12.8 Å². The van der Waals surface area contributed by atoms with Crippen molar-refractivity contribution in [1.29, 1.82) is 5.26 Å². The van der Waals surface area contributed by atoms with Crippen molar-refractivity contribution in [1.82, 2.24) is 5.32 Å². The van der Waals surface area contributed by atoms with Gasteiger partial charge in [-0.05, 0) is 24.6 Å². The molecule has 0 fully saturated rings. The maximum absolute atomic E-state index is 11.5. The summed E-state index contributed by atoms with van der Waals surface area (Å²) in [5.41, 5.74) is 1.40. The van der Waals surface area contributed by atoms with E-state index in [1.54, 1.807) is 19.1 Å². The molecule has 102 valence electrons. The molecule has 1 heterocycles. The molecular weight excluding hydrogens is 276 g/mol. The summed E-state index contributed by atoms with van der Waals surface area (Å²) in [5, 5.41) is 31.1. The fraction of sp³-hybridized carbons (Fsp3) is 0.143. The molecule has 0 aliphatic carbocycles. The Kier molecular flexibility index (Phi) is 3.72. The molecule has 0 amide bonds. The van der Waals surface area contributed by atoms with E-state index < -0.39 is 11.9 Å². The van der Waals surface area contributed by atoms with Gasteiger partial charge in [0.2, 0.25) is 0 Å². The van der Waals surface area contributed by atoms with Crippen molar-refractivity contribution in [2.75, 3.05) is 0 Å². The number of aromatic hydroxyl groups is 1. The van der Waals surface area contributed by atoms with E-state index in [9.17, 15) is 20.3 Å². The molecular formula is C14H12N2O3S. The van der Waals surface area contributed by atoms with E-state index in [0.717, 1.165) is 0 Å². The number of phenols is 1. The molecule has 0 saturated heterocycles. The molecule has 2 rings (SSSR count). The summed E-state index contributed by atoms with van der Waals surface area (Å²) in [6.07, 6.45) is 0. The first kappa shape index (κ1) is 14.0. The third kappa shape index (κ3) is 2.36. The maximum atomic E-state index is 11.5. The number of carboxylic acids is 1. The summed E-state index contributed by atoms with van der Waals surface area (Å²) in [5.74, 6) is -1.72. The van der Waals surface area contributed by atoms with Gasteiger partial charge in [-0.2, -0.15) is 5.26 Å². The van der Waals surface area contributed by atoms with Crippen LogP contribution in [0.2, 0.25) is 0 Å². The molecule has 3 N–H and O–H groups in total. The van der Waals surface area contributed by atoms with Crippen LogP contribution in [0.25, 0.3) is 0 Å². The first-order valence-electron chi connectivity index (χ1n) is 5.79. The molecule has 1 aliphatic heterocycles. The van der Waals surface area contributed by atoms with Crippen molar-refractivity contribution in [3.63, 3.8) is 0 Å². The monoisotopic (exact) mass is 288 g/mol. The molecule has 1 aliphatic rings. The summed E-state index contributed by atoms with van der Waals surface area (Å²) < 4.78 is 0. The fourth-order valence-electron chi connectivity index (χ4n) is 2.21. The Balaban J connectivity index is 2.64. The molecule has 1 aromatic rings. The van der Waals surface area contributed by atoms with Crippen molar-refractivity contribution < 1.29 is 15.0 Å². The average molecular weight is 288 g/mol. The molecule has 1 atom stereocenters. The summed E-state index contributed by atoms with van der Waals surface area (Å²) in [6.45, 7) is 1.63. The Hall–Kier alpha value is -2.39. The summed E-state index contributed by atoms with van der Waals surface area (Å²) in [7, 11) is 0. The Morgan fingerprint density at radius 3 is 2.50 bits per heavy atom. The van der Waals surface area contributed by atoms with E-state index in [0.29, 0.717) is 16.3 Å². The van der Waals surface area contributed by atoms with Crippen LogP contribution in [0, 0.1) is 11.3 Å². The van der Waals surface area contributed by atoms with Gasteiger partial charge in [0.05, 0.1) is 28.2 Å². The van der Waals surface area contributed by atoms with Crippen molar-refractivity contribution >= 4 is 18.6 Å². The minimum atomic E-state index is -1.10. The Labute approximate surface area is 121 Å². The molecule has 0 saturated carbocycles. The number of carbonyl (C=O) groups is 1. The fourth-order valence-corrected chi connectivity index (χ4v) is 2.56. The first-order valence-corrected chi connectivity index (χ1v) is 6.23. The summed E-state index contributed by atoms with van der Waals surface area (Å²) >= 11 is 4.20. The van der Waals surface area contributed by atoms with Gasteiger partial charge in [-0.1, -0.05) is 12.1 Å². The van der Waals surface area contributed by atoms with Crippen LogP contribution in [0.5, 0.6) is 5.75 Å². The number of benzene rings is 1. The van der Waals surface area contributed by atoms with E-state index in [-0.39, 0.29) is 16.9 Å². The lowest BCUT2D eigenvalue weighted by Crippen LogP contribution is -2.26. The number of nitrogens with zero attached hydrogens (tertiary/aromatic N) is 1. The van der Waals surface area contributed by atoms with Crippen LogP contribution < -0.4 is 5.32 Å². The van der Waals surface area contributed by atoms with Crippen LogP contribution in [-0.4, -0.2) is 16.2 Å². The zero-order valence-corrected chi connectivity index (χ0v) is 11.5. The van der Waals surface area contributed by atoms with E-state index in [4.69, 9.17) is 0 Å². The second kappa shape index (κ2) is 5.31. The summed E-state index contributed by atoms with van der Waals surface area (Å²) in [6, 6.07) is 8.11. The van der Waals surface area contributed by atoms with Gasteiger partial charge in [0.1, 0.15) is 5.75 Å². The van der Waals surface area contributed by atoms with Gasteiger partial charge in [-0.3, -0.25) is 0 Å². The molecule has 0 aromatic heterocycles. The highest BCUT2D eigenvalue weighted by atomic mass is 32.1. The third-order valence-electron chi connectivity index (χ3n) is 3.12. The third-order valence-corrected chi connectivity index (χ3v) is 3.47. The molecule has 6 heteroatoms. The van der Waals surface area contributed by atoms with Crippen LogP contribution in [0.4, 0.5) is 0 Å². The molecule has 20 heavy (non-hydrogen) atoms. The highest BCUT2D eigenvalue weighted by Crippen LogP contribution is 2.38. The number of rotatable bonds is 2. The lowest BCUT2D eigenvalue weighted by atomic mass is 9.82. The molecule has 1 aromatic carbocycles. The second-order valence-electron chi connectivity index (χ2n) is 4.37. The van der Waals surface area contributed by atoms with Gasteiger partial charge in [-0.25, -0.2) is 4.79 Å². The molecule has 1 unspecified atom stereocenters. The van der Waals surface area contributed by atoms with Gasteiger partial charge < -0.3 is 15.5 Å². The first-order chi connectivity index (χ1) is 9.45. The predicted octanol–water partition coefficient (Wildman–Crippen LogP) is 2.10. The van der Waals surface area contributed by atoms with E-state index >= 15 is 0 Å². The highest BCUT2D eigenvalue weighted by Gasteiger charge is 2.33. The number of hydrogen-bond donors (Lipinski definition) is 4. The zero-order chi connectivity index (χ0) is 14.9. The van der Waals surface area contributed by atoms with Crippen molar-refractivity contribution in [3.8, 4) is 11.8 Å². The minimum absolute atomic E-state index is 0.0776. The molecule has 0 spiro atoms. The van der Waals surface area contributed by atoms with E-state index in [1.165, 1.54) is 12.1 Å². The molecule has 0 radical (unpaired) electrons. The Morgan fingerprint density at radius 1 is 1.40 bits per heavy atom. The lowest BCUT2D eigenvalue weighted by molar-refractivity contribution is -0.133. The summed E-state index contributed by atoms with van der Waals surface area (Å²) in [4.78, 5) is 11.5. The standard InChI is InChI=1S/C14H12N2O3S/c1-7-11(14(18)19)12(10(6-15)13(20)16-7)8-2-4-9(17)5-3-8/h2-5,12,16-17,20H,1H3,(H,18,19). The average Bonchev–Trinajstić information content (AvgIpc) is 2.38. The predicted molar refractivity (Wildman–Crippen MR) is 75.9 cm³/mol. The number of nitriles is 1.